The molecule has 0 radical (unpaired) electrons. The zero-order chi connectivity index (χ0) is 26.1. The van der Waals surface area contributed by atoms with E-state index in [1.807, 2.05) is 0 Å². The van der Waals surface area contributed by atoms with Gasteiger partial charge in [0, 0.05) is 17.9 Å². The minimum atomic E-state index is -2.55. The van der Waals surface area contributed by atoms with Crippen molar-refractivity contribution in [3.8, 4) is 0 Å². The predicted molar refractivity (Wildman–Crippen MR) is 151 cm³/mol. The summed E-state index contributed by atoms with van der Waals surface area (Å²) in [4.78, 5) is 14.3. The number of carbonyl (C=O) groups is 1. The van der Waals surface area contributed by atoms with E-state index in [-0.39, 0.29) is 40.8 Å². The SMILES string of the molecule is CC[C@]1(C)C[C@H]2O[Si](c3ccccc3)(c3ccccc3)C[C@@H]3CC[C@]4(CCC(CO)C4[C@@]32C)[C@@H](C)C1=O. The summed E-state index contributed by atoms with van der Waals surface area (Å²) in [6.45, 7) is 9.41. The topological polar surface area (TPSA) is 46.5 Å². The lowest BCUT2D eigenvalue weighted by Crippen LogP contribution is -2.73. The summed E-state index contributed by atoms with van der Waals surface area (Å²) in [7, 11) is -2.55. The molecular weight excluding hydrogens is 472 g/mol. The van der Waals surface area contributed by atoms with E-state index in [0.717, 1.165) is 38.1 Å². The largest absolute Gasteiger partial charge is 0.404 e. The summed E-state index contributed by atoms with van der Waals surface area (Å²) in [5, 5.41) is 13.3. The second-order valence-electron chi connectivity index (χ2n) is 13.4. The quantitative estimate of drug-likeness (QED) is 0.539. The Morgan fingerprint density at radius 3 is 2.14 bits per heavy atom. The third kappa shape index (κ3) is 3.41. The van der Waals surface area contributed by atoms with Crippen molar-refractivity contribution in [3.63, 3.8) is 0 Å². The van der Waals surface area contributed by atoms with E-state index in [0.29, 0.717) is 17.6 Å². The van der Waals surface area contributed by atoms with Crippen LogP contribution in [0, 0.1) is 39.9 Å². The molecule has 8 atom stereocenters. The summed E-state index contributed by atoms with van der Waals surface area (Å²) in [5.41, 5.74) is -0.420. The van der Waals surface area contributed by atoms with E-state index in [2.05, 4.69) is 88.4 Å². The van der Waals surface area contributed by atoms with E-state index in [9.17, 15) is 9.90 Å². The number of aliphatic hydroxyl groups is 1. The third-order valence-corrected chi connectivity index (χ3v) is 16.4. The van der Waals surface area contributed by atoms with Gasteiger partial charge in [-0.3, -0.25) is 4.79 Å². The van der Waals surface area contributed by atoms with Gasteiger partial charge in [0.05, 0.1) is 6.10 Å². The van der Waals surface area contributed by atoms with Gasteiger partial charge in [0.2, 0.25) is 0 Å². The van der Waals surface area contributed by atoms with Crippen molar-refractivity contribution in [1.82, 2.24) is 0 Å². The smallest absolute Gasteiger partial charge is 0.256 e. The molecule has 4 fully saturated rings. The highest BCUT2D eigenvalue weighted by Crippen LogP contribution is 2.72. The van der Waals surface area contributed by atoms with Gasteiger partial charge in [0.1, 0.15) is 5.78 Å². The van der Waals surface area contributed by atoms with E-state index in [1.54, 1.807) is 0 Å². The van der Waals surface area contributed by atoms with E-state index in [4.69, 9.17) is 4.43 Å². The number of rotatable bonds is 4. The van der Waals surface area contributed by atoms with Gasteiger partial charge in [0.15, 0.2) is 0 Å². The highest BCUT2D eigenvalue weighted by atomic mass is 28.4. The average molecular weight is 517 g/mol. The lowest BCUT2D eigenvalue weighted by Gasteiger charge is -2.67. The molecule has 4 heteroatoms. The van der Waals surface area contributed by atoms with Crippen molar-refractivity contribution in [1.29, 1.82) is 0 Å². The van der Waals surface area contributed by atoms with Crippen LogP contribution in [0.15, 0.2) is 60.7 Å². The van der Waals surface area contributed by atoms with Gasteiger partial charge in [-0.05, 0) is 83.5 Å². The minimum absolute atomic E-state index is 0.00472. The fourth-order valence-corrected chi connectivity index (χ4v) is 14.7. The van der Waals surface area contributed by atoms with Crippen LogP contribution in [0.4, 0.5) is 0 Å². The van der Waals surface area contributed by atoms with E-state index in [1.165, 1.54) is 16.8 Å². The van der Waals surface area contributed by atoms with Crippen LogP contribution in [0.1, 0.15) is 66.2 Å². The van der Waals surface area contributed by atoms with Crippen LogP contribution in [0.2, 0.25) is 6.04 Å². The highest BCUT2D eigenvalue weighted by molar-refractivity contribution is 6.97. The van der Waals surface area contributed by atoms with Gasteiger partial charge < -0.3 is 9.53 Å². The van der Waals surface area contributed by atoms with Gasteiger partial charge in [-0.25, -0.2) is 0 Å². The second kappa shape index (κ2) is 8.89. The maximum absolute atomic E-state index is 14.3. The summed E-state index contributed by atoms with van der Waals surface area (Å²) in [6.07, 6.45) is 6.05. The van der Waals surface area contributed by atoms with Gasteiger partial charge >= 0.3 is 0 Å². The number of aliphatic hydroxyl groups excluding tert-OH is 1. The number of ketones is 1. The number of hydrogen-bond acceptors (Lipinski definition) is 3. The van der Waals surface area contributed by atoms with Crippen LogP contribution in [0.3, 0.4) is 0 Å². The van der Waals surface area contributed by atoms with Crippen molar-refractivity contribution in [2.24, 2.45) is 39.9 Å². The molecular formula is C33H44O3Si. The molecule has 6 rings (SSSR count). The number of hydrogen-bond donors (Lipinski definition) is 1. The zero-order valence-corrected chi connectivity index (χ0v) is 24.1. The Morgan fingerprint density at radius 2 is 1.57 bits per heavy atom. The number of carbonyl (C=O) groups excluding carboxylic acids is 1. The Labute approximate surface area is 224 Å². The predicted octanol–water partition coefficient (Wildman–Crippen LogP) is 5.59. The van der Waals surface area contributed by atoms with Crippen molar-refractivity contribution < 1.29 is 14.3 Å². The van der Waals surface area contributed by atoms with Crippen LogP contribution in [-0.2, 0) is 9.22 Å². The normalized spacial score (nSPS) is 42.5. The molecule has 1 N–H and O–H groups in total. The molecule has 1 saturated heterocycles. The molecule has 2 unspecified atom stereocenters. The molecule has 4 aliphatic rings. The molecule has 2 aromatic carbocycles. The Kier molecular flexibility index (Phi) is 6.13. The molecule has 3 aliphatic carbocycles. The fourth-order valence-electron chi connectivity index (χ4n) is 9.94. The monoisotopic (exact) mass is 516 g/mol. The first kappa shape index (κ1) is 25.5. The molecule has 0 spiro atoms. The minimum Gasteiger partial charge on any atom is -0.404 e. The Bertz CT molecular complexity index is 1110. The summed E-state index contributed by atoms with van der Waals surface area (Å²) in [5.74, 6) is 1.63. The van der Waals surface area contributed by atoms with Gasteiger partial charge in [-0.15, -0.1) is 0 Å². The van der Waals surface area contributed by atoms with Crippen molar-refractivity contribution >= 4 is 24.5 Å². The van der Waals surface area contributed by atoms with Crippen LogP contribution in [0.25, 0.3) is 0 Å². The molecule has 2 aromatic rings. The first-order chi connectivity index (χ1) is 17.7. The van der Waals surface area contributed by atoms with Gasteiger partial charge in [-0.2, -0.15) is 0 Å². The molecule has 3 saturated carbocycles. The summed E-state index contributed by atoms with van der Waals surface area (Å²) >= 11 is 0. The van der Waals surface area contributed by atoms with Crippen molar-refractivity contribution in [3.05, 3.63) is 60.7 Å². The molecule has 0 aromatic heterocycles. The molecule has 0 amide bonds. The maximum Gasteiger partial charge on any atom is 0.256 e. The van der Waals surface area contributed by atoms with Crippen LogP contribution in [0.5, 0.6) is 0 Å². The van der Waals surface area contributed by atoms with Gasteiger partial charge in [0.25, 0.3) is 8.32 Å². The number of Topliss-reactive ketones (excluding diaryl/α,β-unsaturated/α-hetero) is 1. The van der Waals surface area contributed by atoms with Crippen molar-refractivity contribution in [2.75, 3.05) is 6.61 Å². The van der Waals surface area contributed by atoms with Crippen LogP contribution >= 0.6 is 0 Å². The molecule has 2 bridgehead atoms. The lowest BCUT2D eigenvalue weighted by molar-refractivity contribution is -0.188. The van der Waals surface area contributed by atoms with Crippen molar-refractivity contribution in [2.45, 2.75) is 78.4 Å². The van der Waals surface area contributed by atoms with Crippen LogP contribution < -0.4 is 10.4 Å². The molecule has 1 aliphatic heterocycles. The average Bonchev–Trinajstić information content (AvgIpc) is 3.34. The summed E-state index contributed by atoms with van der Waals surface area (Å²) in [6, 6.07) is 23.1. The second-order valence-corrected chi connectivity index (χ2v) is 16.8. The van der Waals surface area contributed by atoms with E-state index >= 15 is 0 Å². The fraction of sp³-hybridized carbons (Fsp3) is 0.606. The molecule has 3 nitrogen and oxygen atoms in total. The lowest BCUT2D eigenvalue weighted by atomic mass is 9.43. The summed E-state index contributed by atoms with van der Waals surface area (Å²) < 4.78 is 7.72. The van der Waals surface area contributed by atoms with E-state index < -0.39 is 8.32 Å². The molecule has 198 valence electrons. The number of benzene rings is 2. The molecule has 1 heterocycles. The third-order valence-electron chi connectivity index (χ3n) is 12.1. The molecule has 37 heavy (non-hydrogen) atoms. The standard InChI is InChI=1S/C33H44O3Si/c1-5-31(3)20-28-32(4)25(17-19-33(23(2)30(31)35)18-16-24(21-34)29(32)33)22-37(36-28,26-12-8-6-9-13-26)27-14-10-7-11-15-27/h6-15,23-25,28-29,34H,5,16-22H2,1-4H3/t23-,24?,25-,28+,29?,31+,32-,33+/m0/s1. The highest BCUT2D eigenvalue weighted by Gasteiger charge is 2.71. The van der Waals surface area contributed by atoms with Crippen LogP contribution in [-0.4, -0.2) is 31.9 Å². The zero-order valence-electron chi connectivity index (χ0n) is 23.1. The first-order valence-corrected chi connectivity index (χ1v) is 16.8. The van der Waals surface area contributed by atoms with Gasteiger partial charge in [-0.1, -0.05) is 88.4 Å². The maximum atomic E-state index is 14.3. The Morgan fingerprint density at radius 1 is 0.973 bits per heavy atom. The Balaban J connectivity index is 1.58. The Hall–Kier alpha value is -1.75. The first-order valence-electron chi connectivity index (χ1n) is 14.7.